The lowest BCUT2D eigenvalue weighted by molar-refractivity contribution is 0.215. The molecule has 0 aliphatic rings. The van der Waals surface area contributed by atoms with Crippen molar-refractivity contribution < 1.29 is 4.84 Å². The van der Waals surface area contributed by atoms with E-state index in [4.69, 9.17) is 0 Å². The molecule has 1 rings (SSSR count). The minimum Gasteiger partial charge on any atom is -0.399 e. The topological polar surface area (TPSA) is 21.6 Å². The van der Waals surface area contributed by atoms with Gasteiger partial charge in [0, 0.05) is 3.57 Å². The molecule has 0 radical (unpaired) electrons. The van der Waals surface area contributed by atoms with E-state index in [1.165, 1.54) is 10.7 Å². The van der Waals surface area contributed by atoms with E-state index in [0.29, 0.717) is 0 Å². The summed E-state index contributed by atoms with van der Waals surface area (Å²) in [5.41, 5.74) is 1.05. The third-order valence-corrected chi connectivity index (χ3v) is 1.83. The molecule has 0 saturated carbocycles. The van der Waals surface area contributed by atoms with Gasteiger partial charge in [-0.2, -0.15) is 0 Å². The van der Waals surface area contributed by atoms with Crippen molar-refractivity contribution in [1.82, 2.24) is 0 Å². The third-order valence-electron chi connectivity index (χ3n) is 1.16. The van der Waals surface area contributed by atoms with Gasteiger partial charge >= 0.3 is 0 Å². The quantitative estimate of drug-likeness (QED) is 0.454. The van der Waals surface area contributed by atoms with Gasteiger partial charge in [0.25, 0.3) is 0 Å². The largest absolute Gasteiger partial charge is 0.399 e. The number of benzene rings is 1. The molecule has 2 nitrogen and oxygen atoms in total. The summed E-state index contributed by atoms with van der Waals surface area (Å²) in [6.07, 6.45) is 1.68. The molecule has 1 aromatic rings. The highest BCUT2D eigenvalue weighted by Crippen LogP contribution is 2.05. The van der Waals surface area contributed by atoms with Gasteiger partial charge in [-0.1, -0.05) is 17.3 Å². The Morgan fingerprint density at radius 2 is 2.36 bits per heavy atom. The zero-order valence-electron chi connectivity index (χ0n) is 6.12. The Morgan fingerprint density at radius 1 is 1.55 bits per heavy atom. The Labute approximate surface area is 79.4 Å². The molecule has 1 aromatic carbocycles. The van der Waals surface area contributed by atoms with Crippen LogP contribution in [0.3, 0.4) is 0 Å². The molecule has 0 bridgehead atoms. The van der Waals surface area contributed by atoms with Gasteiger partial charge in [-0.15, -0.1) is 0 Å². The number of hydrogen-bond donors (Lipinski definition) is 0. The average Bonchev–Trinajstić information content (AvgIpc) is 2.01. The average molecular weight is 261 g/mol. The molecule has 0 unspecified atom stereocenters. The molecule has 0 aromatic heterocycles. The molecular formula is C8H8INO. The Kier molecular flexibility index (Phi) is 3.35. The molecule has 3 heteroatoms. The van der Waals surface area contributed by atoms with Crippen molar-refractivity contribution in [2.45, 2.75) is 0 Å². The molecule has 0 amide bonds. The third kappa shape index (κ3) is 2.88. The van der Waals surface area contributed by atoms with Crippen molar-refractivity contribution in [3.63, 3.8) is 0 Å². The van der Waals surface area contributed by atoms with Gasteiger partial charge in [0.2, 0.25) is 0 Å². The first-order valence-electron chi connectivity index (χ1n) is 3.15. The van der Waals surface area contributed by atoms with Gasteiger partial charge in [0.1, 0.15) is 7.11 Å². The maximum absolute atomic E-state index is 4.55. The van der Waals surface area contributed by atoms with E-state index in [9.17, 15) is 0 Å². The normalized spacial score (nSPS) is 10.4. The van der Waals surface area contributed by atoms with Gasteiger partial charge < -0.3 is 4.84 Å². The van der Waals surface area contributed by atoms with Crippen LogP contribution in [0.1, 0.15) is 5.56 Å². The summed E-state index contributed by atoms with van der Waals surface area (Å²) in [4.78, 5) is 4.55. The highest BCUT2D eigenvalue weighted by Gasteiger charge is 1.87. The summed E-state index contributed by atoms with van der Waals surface area (Å²) < 4.78 is 1.20. The molecule has 11 heavy (non-hydrogen) atoms. The summed E-state index contributed by atoms with van der Waals surface area (Å²) in [5.74, 6) is 0. The highest BCUT2D eigenvalue weighted by molar-refractivity contribution is 14.1. The van der Waals surface area contributed by atoms with Crippen molar-refractivity contribution in [1.29, 1.82) is 0 Å². The maximum atomic E-state index is 4.55. The molecule has 0 heterocycles. The van der Waals surface area contributed by atoms with Gasteiger partial charge in [-0.05, 0) is 40.3 Å². The first kappa shape index (κ1) is 8.52. The summed E-state index contributed by atoms with van der Waals surface area (Å²) in [5, 5.41) is 3.65. The van der Waals surface area contributed by atoms with Crippen LogP contribution in [-0.2, 0) is 4.84 Å². The number of hydrogen-bond acceptors (Lipinski definition) is 2. The van der Waals surface area contributed by atoms with E-state index < -0.39 is 0 Å². The van der Waals surface area contributed by atoms with E-state index in [2.05, 4.69) is 32.6 Å². The van der Waals surface area contributed by atoms with Crippen LogP contribution in [0, 0.1) is 3.57 Å². The zero-order valence-corrected chi connectivity index (χ0v) is 8.28. The van der Waals surface area contributed by atoms with Crippen molar-refractivity contribution in [2.75, 3.05) is 7.11 Å². The molecule has 0 spiro atoms. The first-order valence-corrected chi connectivity index (χ1v) is 4.23. The Bertz CT molecular complexity index is 260. The first-order chi connectivity index (χ1) is 5.33. The van der Waals surface area contributed by atoms with Crippen LogP contribution < -0.4 is 0 Å². The van der Waals surface area contributed by atoms with Crippen molar-refractivity contribution >= 4 is 28.8 Å². The zero-order chi connectivity index (χ0) is 8.10. The molecule has 0 aliphatic heterocycles. The lowest BCUT2D eigenvalue weighted by Gasteiger charge is -1.92. The lowest BCUT2D eigenvalue weighted by atomic mass is 10.2. The lowest BCUT2D eigenvalue weighted by Crippen LogP contribution is -1.81. The number of halogens is 1. The Balaban J connectivity index is 2.79. The second-order valence-corrected chi connectivity index (χ2v) is 3.22. The fraction of sp³-hybridized carbons (Fsp3) is 0.125. The fourth-order valence-corrected chi connectivity index (χ4v) is 1.27. The van der Waals surface area contributed by atoms with Crippen LogP contribution in [0.15, 0.2) is 29.4 Å². The summed E-state index contributed by atoms with van der Waals surface area (Å²) in [7, 11) is 1.53. The van der Waals surface area contributed by atoms with E-state index in [1.807, 2.05) is 24.3 Å². The summed E-state index contributed by atoms with van der Waals surface area (Å²) >= 11 is 2.25. The minimum atomic E-state index is 1.05. The van der Waals surface area contributed by atoms with Crippen LogP contribution in [-0.4, -0.2) is 13.3 Å². The van der Waals surface area contributed by atoms with E-state index in [1.54, 1.807) is 6.21 Å². The van der Waals surface area contributed by atoms with Crippen LogP contribution in [0.4, 0.5) is 0 Å². The molecule has 0 aliphatic carbocycles. The predicted molar refractivity (Wildman–Crippen MR) is 53.8 cm³/mol. The molecular weight excluding hydrogens is 253 g/mol. The fourth-order valence-electron chi connectivity index (χ4n) is 0.700. The van der Waals surface area contributed by atoms with E-state index in [-0.39, 0.29) is 0 Å². The Morgan fingerprint density at radius 3 is 3.00 bits per heavy atom. The van der Waals surface area contributed by atoms with E-state index in [0.717, 1.165) is 5.56 Å². The van der Waals surface area contributed by atoms with Gasteiger partial charge in [0.15, 0.2) is 0 Å². The highest BCUT2D eigenvalue weighted by atomic mass is 127. The van der Waals surface area contributed by atoms with Crippen LogP contribution in [0.5, 0.6) is 0 Å². The van der Waals surface area contributed by atoms with Crippen molar-refractivity contribution in [3.05, 3.63) is 33.4 Å². The summed E-state index contributed by atoms with van der Waals surface area (Å²) in [6.45, 7) is 0. The minimum absolute atomic E-state index is 1.05. The number of nitrogens with zero attached hydrogens (tertiary/aromatic N) is 1. The molecule has 0 saturated heterocycles. The molecule has 0 N–H and O–H groups in total. The van der Waals surface area contributed by atoms with Crippen LogP contribution in [0.25, 0.3) is 0 Å². The summed E-state index contributed by atoms with van der Waals surface area (Å²) in [6, 6.07) is 8.03. The second kappa shape index (κ2) is 4.33. The van der Waals surface area contributed by atoms with Crippen molar-refractivity contribution in [3.8, 4) is 0 Å². The number of rotatable bonds is 2. The standard InChI is InChI=1S/C8H8INO/c1-11-10-6-7-3-2-4-8(9)5-7/h2-6H,1H3. The van der Waals surface area contributed by atoms with E-state index >= 15 is 0 Å². The van der Waals surface area contributed by atoms with Crippen molar-refractivity contribution in [2.24, 2.45) is 5.16 Å². The second-order valence-electron chi connectivity index (χ2n) is 1.97. The smallest absolute Gasteiger partial charge is 0.106 e. The van der Waals surface area contributed by atoms with Crippen LogP contribution in [0.2, 0.25) is 0 Å². The Hall–Kier alpha value is -0.580. The number of oxime groups is 1. The molecule has 0 atom stereocenters. The van der Waals surface area contributed by atoms with Crippen LogP contribution >= 0.6 is 22.6 Å². The SMILES string of the molecule is CON=Cc1cccc(I)c1. The molecule has 58 valence electrons. The molecule has 0 fully saturated rings. The van der Waals surface area contributed by atoms with Gasteiger partial charge in [-0.25, -0.2) is 0 Å². The monoisotopic (exact) mass is 261 g/mol. The predicted octanol–water partition coefficient (Wildman–Crippen LogP) is 2.27. The van der Waals surface area contributed by atoms with Gasteiger partial charge in [0.05, 0.1) is 6.21 Å². The van der Waals surface area contributed by atoms with Gasteiger partial charge in [-0.3, -0.25) is 0 Å². The maximum Gasteiger partial charge on any atom is 0.106 e.